The number of nitrogens with one attached hydrogen (secondary N) is 1. The highest BCUT2D eigenvalue weighted by atomic mass is 16.1. The Morgan fingerprint density at radius 2 is 1.75 bits per heavy atom. The smallest absolute Gasteiger partial charge is 0.251 e. The van der Waals surface area contributed by atoms with Crippen LogP contribution in [0.3, 0.4) is 0 Å². The van der Waals surface area contributed by atoms with E-state index < -0.39 is 0 Å². The molecule has 20 heavy (non-hydrogen) atoms. The molecule has 0 aliphatic heterocycles. The summed E-state index contributed by atoms with van der Waals surface area (Å²) >= 11 is 0. The maximum Gasteiger partial charge on any atom is 0.251 e. The van der Waals surface area contributed by atoms with Crippen LogP contribution in [0.4, 0.5) is 5.69 Å². The summed E-state index contributed by atoms with van der Waals surface area (Å²) in [6, 6.07) is 15.9. The number of hydrogen-bond acceptors (Lipinski definition) is 3. The third kappa shape index (κ3) is 3.15. The van der Waals surface area contributed by atoms with Gasteiger partial charge in [0.15, 0.2) is 0 Å². The van der Waals surface area contributed by atoms with Gasteiger partial charge in [-0.1, -0.05) is 12.1 Å². The molecule has 0 aliphatic rings. The molecule has 0 saturated heterocycles. The Kier molecular flexibility index (Phi) is 4.02. The van der Waals surface area contributed by atoms with Crippen molar-refractivity contribution in [2.75, 3.05) is 5.73 Å². The molecule has 0 bridgehead atoms. The number of amides is 1. The fourth-order valence-corrected chi connectivity index (χ4v) is 1.84. The number of nitriles is 1. The molecular formula is C16H15N3O. The van der Waals surface area contributed by atoms with Crippen molar-refractivity contribution in [3.8, 4) is 6.07 Å². The standard InChI is InChI=1S/C16H15N3O/c1-11(13-4-2-12(10-17)3-5-13)19-16(20)14-6-8-15(18)9-7-14/h2-9,11H,18H2,1H3,(H,19,20). The average Bonchev–Trinajstić information content (AvgIpc) is 2.48. The summed E-state index contributed by atoms with van der Waals surface area (Å²) in [6.07, 6.45) is 0. The Morgan fingerprint density at radius 3 is 2.30 bits per heavy atom. The summed E-state index contributed by atoms with van der Waals surface area (Å²) in [6.45, 7) is 1.90. The molecule has 2 aromatic rings. The molecule has 3 N–H and O–H groups in total. The largest absolute Gasteiger partial charge is 0.399 e. The third-order valence-electron chi connectivity index (χ3n) is 3.06. The highest BCUT2D eigenvalue weighted by Crippen LogP contribution is 2.14. The first-order chi connectivity index (χ1) is 9.60. The third-order valence-corrected chi connectivity index (χ3v) is 3.06. The fraction of sp³-hybridized carbons (Fsp3) is 0.125. The lowest BCUT2D eigenvalue weighted by Gasteiger charge is -2.14. The molecular weight excluding hydrogens is 250 g/mol. The van der Waals surface area contributed by atoms with Gasteiger partial charge in [-0.3, -0.25) is 4.79 Å². The van der Waals surface area contributed by atoms with Crippen LogP contribution in [0.1, 0.15) is 34.5 Å². The Bertz CT molecular complexity index is 639. The maximum atomic E-state index is 12.1. The normalized spacial score (nSPS) is 11.4. The number of nitrogens with two attached hydrogens (primary N) is 1. The van der Waals surface area contributed by atoms with Crippen molar-refractivity contribution in [2.24, 2.45) is 0 Å². The Balaban J connectivity index is 2.06. The molecule has 1 atom stereocenters. The lowest BCUT2D eigenvalue weighted by atomic mass is 10.1. The molecule has 4 heteroatoms. The van der Waals surface area contributed by atoms with Gasteiger partial charge in [-0.25, -0.2) is 0 Å². The van der Waals surface area contributed by atoms with Gasteiger partial charge >= 0.3 is 0 Å². The van der Waals surface area contributed by atoms with E-state index in [0.717, 1.165) is 5.56 Å². The van der Waals surface area contributed by atoms with Gasteiger partial charge in [-0.05, 0) is 48.9 Å². The molecule has 0 spiro atoms. The number of benzene rings is 2. The van der Waals surface area contributed by atoms with Crippen molar-refractivity contribution in [3.05, 3.63) is 65.2 Å². The summed E-state index contributed by atoms with van der Waals surface area (Å²) < 4.78 is 0. The van der Waals surface area contributed by atoms with Gasteiger partial charge in [-0.15, -0.1) is 0 Å². The summed E-state index contributed by atoms with van der Waals surface area (Å²) in [7, 11) is 0. The van der Waals surface area contributed by atoms with Crippen molar-refractivity contribution in [3.63, 3.8) is 0 Å². The summed E-state index contributed by atoms with van der Waals surface area (Å²) in [5, 5.41) is 11.7. The lowest BCUT2D eigenvalue weighted by Crippen LogP contribution is -2.26. The molecule has 0 fully saturated rings. The van der Waals surface area contributed by atoms with Gasteiger partial charge in [0.2, 0.25) is 0 Å². The van der Waals surface area contributed by atoms with Crippen molar-refractivity contribution in [2.45, 2.75) is 13.0 Å². The van der Waals surface area contributed by atoms with E-state index in [4.69, 9.17) is 11.0 Å². The molecule has 100 valence electrons. The Hall–Kier alpha value is -2.80. The number of carbonyl (C=O) groups is 1. The second-order valence-corrected chi connectivity index (χ2v) is 4.55. The maximum absolute atomic E-state index is 12.1. The van der Waals surface area contributed by atoms with Crippen molar-refractivity contribution in [1.82, 2.24) is 5.32 Å². The first kappa shape index (κ1) is 13.6. The molecule has 0 aliphatic carbocycles. The van der Waals surface area contributed by atoms with E-state index in [9.17, 15) is 4.79 Å². The topological polar surface area (TPSA) is 78.9 Å². The molecule has 0 aromatic heterocycles. The van der Waals surface area contributed by atoms with Gasteiger partial charge in [0.1, 0.15) is 0 Å². The number of nitrogen functional groups attached to an aromatic ring is 1. The predicted octanol–water partition coefficient (Wildman–Crippen LogP) is 2.63. The number of anilines is 1. The van der Waals surface area contributed by atoms with Crippen LogP contribution in [-0.4, -0.2) is 5.91 Å². The van der Waals surface area contributed by atoms with Crippen LogP contribution in [0.25, 0.3) is 0 Å². The minimum Gasteiger partial charge on any atom is -0.399 e. The fourth-order valence-electron chi connectivity index (χ4n) is 1.84. The van der Waals surface area contributed by atoms with Gasteiger partial charge in [0.05, 0.1) is 17.7 Å². The van der Waals surface area contributed by atoms with E-state index in [1.807, 2.05) is 19.1 Å². The predicted molar refractivity (Wildman–Crippen MR) is 77.9 cm³/mol. The summed E-state index contributed by atoms with van der Waals surface area (Å²) in [4.78, 5) is 12.1. The minimum atomic E-state index is -0.151. The zero-order chi connectivity index (χ0) is 14.5. The number of carbonyl (C=O) groups excluding carboxylic acids is 1. The lowest BCUT2D eigenvalue weighted by molar-refractivity contribution is 0.0940. The first-order valence-corrected chi connectivity index (χ1v) is 6.26. The van der Waals surface area contributed by atoms with Crippen LogP contribution in [0, 0.1) is 11.3 Å². The molecule has 1 amide bonds. The summed E-state index contributed by atoms with van der Waals surface area (Å²) in [5.41, 5.74) is 8.34. The molecule has 2 rings (SSSR count). The second kappa shape index (κ2) is 5.89. The number of rotatable bonds is 3. The average molecular weight is 265 g/mol. The van der Waals surface area contributed by atoms with E-state index in [1.54, 1.807) is 36.4 Å². The van der Waals surface area contributed by atoms with Crippen LogP contribution >= 0.6 is 0 Å². The van der Waals surface area contributed by atoms with Crippen LogP contribution in [0.15, 0.2) is 48.5 Å². The molecule has 4 nitrogen and oxygen atoms in total. The van der Waals surface area contributed by atoms with Crippen LogP contribution in [-0.2, 0) is 0 Å². The molecule has 2 aromatic carbocycles. The highest BCUT2D eigenvalue weighted by molar-refractivity contribution is 5.94. The first-order valence-electron chi connectivity index (χ1n) is 6.26. The van der Waals surface area contributed by atoms with Crippen LogP contribution in [0.2, 0.25) is 0 Å². The van der Waals surface area contributed by atoms with Crippen molar-refractivity contribution >= 4 is 11.6 Å². The quantitative estimate of drug-likeness (QED) is 0.837. The van der Waals surface area contributed by atoms with E-state index in [-0.39, 0.29) is 11.9 Å². The molecule has 0 saturated carbocycles. The van der Waals surface area contributed by atoms with E-state index in [0.29, 0.717) is 16.8 Å². The van der Waals surface area contributed by atoms with Gasteiger partial charge < -0.3 is 11.1 Å². The van der Waals surface area contributed by atoms with E-state index >= 15 is 0 Å². The van der Waals surface area contributed by atoms with E-state index in [1.165, 1.54) is 0 Å². The van der Waals surface area contributed by atoms with Gasteiger partial charge in [-0.2, -0.15) is 5.26 Å². The number of hydrogen-bond donors (Lipinski definition) is 2. The zero-order valence-corrected chi connectivity index (χ0v) is 11.1. The second-order valence-electron chi connectivity index (χ2n) is 4.55. The molecule has 0 heterocycles. The summed E-state index contributed by atoms with van der Waals surface area (Å²) in [5.74, 6) is -0.151. The van der Waals surface area contributed by atoms with Crippen molar-refractivity contribution < 1.29 is 4.79 Å². The van der Waals surface area contributed by atoms with Gasteiger partial charge in [0, 0.05) is 11.3 Å². The van der Waals surface area contributed by atoms with Crippen molar-refractivity contribution in [1.29, 1.82) is 5.26 Å². The SMILES string of the molecule is CC(NC(=O)c1ccc(N)cc1)c1ccc(C#N)cc1. The van der Waals surface area contributed by atoms with Crippen LogP contribution < -0.4 is 11.1 Å². The van der Waals surface area contributed by atoms with Crippen LogP contribution in [0.5, 0.6) is 0 Å². The van der Waals surface area contributed by atoms with E-state index in [2.05, 4.69) is 11.4 Å². The van der Waals surface area contributed by atoms with Gasteiger partial charge in [0.25, 0.3) is 5.91 Å². The monoisotopic (exact) mass is 265 g/mol. The Labute approximate surface area is 117 Å². The minimum absolute atomic E-state index is 0.132. The molecule has 1 unspecified atom stereocenters. The zero-order valence-electron chi connectivity index (χ0n) is 11.1. The molecule has 0 radical (unpaired) electrons. The number of nitrogens with zero attached hydrogens (tertiary/aromatic N) is 1. The Morgan fingerprint density at radius 1 is 1.15 bits per heavy atom. The highest BCUT2D eigenvalue weighted by Gasteiger charge is 2.11.